The number of rotatable bonds is 6. The molecule has 1 aromatic heterocycles. The van der Waals surface area contributed by atoms with Crippen molar-refractivity contribution < 1.29 is 19.8 Å². The van der Waals surface area contributed by atoms with Crippen LogP contribution in [-0.4, -0.2) is 33.3 Å². The molecule has 0 saturated carbocycles. The minimum absolute atomic E-state index is 0.171. The molecule has 152 valence electrons. The molecule has 0 aliphatic rings. The van der Waals surface area contributed by atoms with Crippen molar-refractivity contribution in [2.45, 2.75) is 12.5 Å². The van der Waals surface area contributed by atoms with E-state index in [4.69, 9.17) is 39.9 Å². The predicted octanol–water partition coefficient (Wildman–Crippen LogP) is 4.23. The van der Waals surface area contributed by atoms with E-state index in [0.717, 1.165) is 5.52 Å². The lowest BCUT2D eigenvalue weighted by Crippen LogP contribution is -2.32. The number of aliphatic hydroxyl groups excluding tert-OH is 1. The number of aryl methyl sites for hydroxylation is 1. The summed E-state index contributed by atoms with van der Waals surface area (Å²) in [5.41, 5.74) is 2.08. The Hall–Kier alpha value is -2.25. The van der Waals surface area contributed by atoms with Crippen molar-refractivity contribution in [2.75, 3.05) is 6.61 Å². The number of aromatic nitrogens is 1. The van der Waals surface area contributed by atoms with E-state index in [1.54, 1.807) is 41.9 Å². The van der Waals surface area contributed by atoms with E-state index in [1.807, 2.05) is 0 Å². The maximum absolute atomic E-state index is 12.9. The molecule has 3 rings (SSSR count). The molecule has 6 nitrogen and oxygen atoms in total. The third-order valence-electron chi connectivity index (χ3n) is 4.63. The van der Waals surface area contributed by atoms with Crippen LogP contribution in [0.5, 0.6) is 0 Å². The van der Waals surface area contributed by atoms with E-state index >= 15 is 0 Å². The van der Waals surface area contributed by atoms with Crippen molar-refractivity contribution in [3.63, 3.8) is 0 Å². The zero-order chi connectivity index (χ0) is 21.3. The minimum Gasteiger partial charge on any atom is -0.481 e. The Morgan fingerprint density at radius 1 is 1.10 bits per heavy atom. The Morgan fingerprint density at radius 2 is 1.83 bits per heavy atom. The van der Waals surface area contributed by atoms with Crippen molar-refractivity contribution in [3.8, 4) is 0 Å². The van der Waals surface area contributed by atoms with Crippen LogP contribution in [0.2, 0.25) is 15.1 Å². The van der Waals surface area contributed by atoms with E-state index in [-0.39, 0.29) is 18.1 Å². The van der Waals surface area contributed by atoms with Gasteiger partial charge in [0.2, 0.25) is 0 Å². The molecule has 0 radical (unpaired) electrons. The smallest absolute Gasteiger partial charge is 0.307 e. The van der Waals surface area contributed by atoms with Gasteiger partial charge in [-0.3, -0.25) is 9.59 Å². The average molecular weight is 456 g/mol. The van der Waals surface area contributed by atoms with Gasteiger partial charge in [0.25, 0.3) is 5.91 Å². The van der Waals surface area contributed by atoms with Crippen LogP contribution in [0.4, 0.5) is 0 Å². The minimum atomic E-state index is -0.977. The summed E-state index contributed by atoms with van der Waals surface area (Å²) in [6.45, 7) is -0.389. The lowest BCUT2D eigenvalue weighted by molar-refractivity contribution is -0.136. The summed E-state index contributed by atoms with van der Waals surface area (Å²) in [5.74, 6) is -1.41. The fourth-order valence-electron chi connectivity index (χ4n) is 3.16. The van der Waals surface area contributed by atoms with Gasteiger partial charge in [0, 0.05) is 23.0 Å². The van der Waals surface area contributed by atoms with Gasteiger partial charge in [-0.1, -0.05) is 46.9 Å². The lowest BCUT2D eigenvalue weighted by atomic mass is 10.0. The highest BCUT2D eigenvalue weighted by Gasteiger charge is 2.21. The molecule has 0 aliphatic heterocycles. The van der Waals surface area contributed by atoms with E-state index in [0.29, 0.717) is 32.3 Å². The fraction of sp³-hybridized carbons (Fsp3) is 0.200. The molecule has 1 atom stereocenters. The summed E-state index contributed by atoms with van der Waals surface area (Å²) in [6, 6.07) is 8.99. The summed E-state index contributed by atoms with van der Waals surface area (Å²) in [4.78, 5) is 23.7. The molecule has 29 heavy (non-hydrogen) atoms. The number of nitrogens with zero attached hydrogens (tertiary/aromatic N) is 1. The van der Waals surface area contributed by atoms with Crippen LogP contribution in [0.15, 0.2) is 36.4 Å². The number of carbonyl (C=O) groups excluding carboxylic acids is 1. The van der Waals surface area contributed by atoms with E-state index in [9.17, 15) is 14.7 Å². The first-order valence-electron chi connectivity index (χ1n) is 8.58. The Balaban J connectivity index is 1.89. The van der Waals surface area contributed by atoms with Crippen LogP contribution >= 0.6 is 34.8 Å². The third-order valence-corrected chi connectivity index (χ3v) is 5.78. The largest absolute Gasteiger partial charge is 0.481 e. The number of carboxylic acids is 1. The Kier molecular flexibility index (Phi) is 6.39. The molecule has 1 amide bonds. The molecule has 0 bridgehead atoms. The number of carboxylic acid groups (broad SMARTS) is 1. The second-order valence-corrected chi connectivity index (χ2v) is 7.71. The number of aliphatic hydroxyl groups is 1. The molecule has 0 saturated heterocycles. The molecule has 9 heteroatoms. The van der Waals surface area contributed by atoms with Crippen molar-refractivity contribution in [1.82, 2.24) is 9.88 Å². The maximum Gasteiger partial charge on any atom is 0.307 e. The topological polar surface area (TPSA) is 91.6 Å². The van der Waals surface area contributed by atoms with Crippen molar-refractivity contribution in [1.29, 1.82) is 0 Å². The molecule has 3 N–H and O–H groups in total. The number of benzene rings is 2. The molecule has 1 unspecified atom stereocenters. The SMILES string of the molecule is Cn1c(C(=O)NC(CO)c2ccc(CC(=O)O)cc2Cl)cc2c(Cl)c(Cl)ccc21. The van der Waals surface area contributed by atoms with E-state index in [2.05, 4.69) is 5.32 Å². The zero-order valence-electron chi connectivity index (χ0n) is 15.2. The number of fused-ring (bicyclic) bond motifs is 1. The normalized spacial score (nSPS) is 12.2. The Morgan fingerprint density at radius 3 is 2.45 bits per heavy atom. The van der Waals surface area contributed by atoms with Gasteiger partial charge < -0.3 is 20.1 Å². The number of nitrogens with one attached hydrogen (secondary N) is 1. The monoisotopic (exact) mass is 454 g/mol. The first-order valence-corrected chi connectivity index (χ1v) is 9.71. The number of amides is 1. The Labute approximate surface area is 181 Å². The molecule has 1 heterocycles. The predicted molar refractivity (Wildman–Crippen MR) is 113 cm³/mol. The van der Waals surface area contributed by atoms with Crippen LogP contribution in [0.1, 0.15) is 27.7 Å². The summed E-state index contributed by atoms with van der Waals surface area (Å²) in [6.07, 6.45) is -0.171. The van der Waals surface area contributed by atoms with Crippen LogP contribution in [0.3, 0.4) is 0 Å². The third kappa shape index (κ3) is 4.36. The van der Waals surface area contributed by atoms with Gasteiger partial charge >= 0.3 is 5.97 Å². The van der Waals surface area contributed by atoms with Crippen LogP contribution < -0.4 is 5.32 Å². The average Bonchev–Trinajstić information content (AvgIpc) is 3.00. The van der Waals surface area contributed by atoms with Gasteiger partial charge in [0.1, 0.15) is 5.69 Å². The Bertz CT molecular complexity index is 1110. The van der Waals surface area contributed by atoms with Gasteiger partial charge in [-0.05, 0) is 35.4 Å². The van der Waals surface area contributed by atoms with Crippen molar-refractivity contribution in [3.05, 3.63) is 68.3 Å². The molecular formula is C20H17Cl3N2O4. The van der Waals surface area contributed by atoms with Gasteiger partial charge in [0.05, 0.1) is 29.1 Å². The number of hydrogen-bond donors (Lipinski definition) is 3. The molecule has 0 fully saturated rings. The highest BCUT2D eigenvalue weighted by atomic mass is 35.5. The molecule has 2 aromatic carbocycles. The van der Waals surface area contributed by atoms with Crippen LogP contribution in [-0.2, 0) is 18.3 Å². The second kappa shape index (κ2) is 8.63. The fourth-order valence-corrected chi connectivity index (χ4v) is 3.87. The number of carbonyl (C=O) groups is 2. The van der Waals surface area contributed by atoms with E-state index < -0.39 is 17.9 Å². The van der Waals surface area contributed by atoms with Crippen LogP contribution in [0.25, 0.3) is 10.9 Å². The number of hydrogen-bond acceptors (Lipinski definition) is 3. The number of aliphatic carboxylic acids is 1. The quantitative estimate of drug-likeness (QED) is 0.519. The molecule has 0 aliphatic carbocycles. The van der Waals surface area contributed by atoms with Gasteiger partial charge in [0.15, 0.2) is 0 Å². The van der Waals surface area contributed by atoms with Gasteiger partial charge in [-0.2, -0.15) is 0 Å². The van der Waals surface area contributed by atoms with Gasteiger partial charge in [-0.25, -0.2) is 0 Å². The molecule has 3 aromatic rings. The summed E-state index contributed by atoms with van der Waals surface area (Å²) < 4.78 is 1.68. The first kappa shape index (κ1) is 21.5. The van der Waals surface area contributed by atoms with Gasteiger partial charge in [-0.15, -0.1) is 0 Å². The zero-order valence-corrected chi connectivity index (χ0v) is 17.5. The maximum atomic E-state index is 12.9. The van der Waals surface area contributed by atoms with Crippen molar-refractivity contribution in [2.24, 2.45) is 7.05 Å². The standard InChI is InChI=1S/C20H17Cl3N2O4/c1-25-16-5-4-13(21)19(23)12(16)8-17(25)20(29)24-15(9-26)11-3-2-10(6-14(11)22)7-18(27)28/h2-6,8,15,26H,7,9H2,1H3,(H,24,29)(H,27,28). The molecular weight excluding hydrogens is 439 g/mol. The highest BCUT2D eigenvalue weighted by Crippen LogP contribution is 2.33. The van der Waals surface area contributed by atoms with Crippen molar-refractivity contribution >= 4 is 57.6 Å². The van der Waals surface area contributed by atoms with Crippen LogP contribution in [0, 0.1) is 0 Å². The molecule has 0 spiro atoms. The lowest BCUT2D eigenvalue weighted by Gasteiger charge is -2.19. The van der Waals surface area contributed by atoms with E-state index in [1.165, 1.54) is 6.07 Å². The summed E-state index contributed by atoms with van der Waals surface area (Å²) in [7, 11) is 1.73. The summed E-state index contributed by atoms with van der Waals surface area (Å²) in [5, 5.41) is 23.1. The highest BCUT2D eigenvalue weighted by molar-refractivity contribution is 6.45. The second-order valence-electron chi connectivity index (χ2n) is 6.52. The number of halogens is 3. The summed E-state index contributed by atoms with van der Waals surface area (Å²) >= 11 is 18.5. The first-order chi connectivity index (χ1) is 13.7.